The number of piperidine rings is 1. The maximum Gasteiger partial charge on any atom is 0.142 e. The number of aromatic nitrogens is 4. The molecule has 1 fully saturated rings. The molecule has 6 nitrogen and oxygen atoms in total. The number of likely N-dealkylation sites (tertiary alicyclic amines) is 1. The number of nitrogens with zero attached hydrogens (tertiary/aromatic N) is 5. The largest absolute Gasteiger partial charge is 0.301 e. The van der Waals surface area contributed by atoms with E-state index in [1.807, 2.05) is 31.7 Å². The van der Waals surface area contributed by atoms with Crippen LogP contribution in [0, 0.1) is 5.92 Å². The molecule has 0 saturated carbocycles. The summed E-state index contributed by atoms with van der Waals surface area (Å²) in [6.45, 7) is 1.74. The molecule has 0 radical (unpaired) electrons. The normalized spacial score (nSPS) is 15.9. The molecule has 0 bridgehead atoms. The molecule has 0 amide bonds. The number of aryl methyl sites for hydroxylation is 1. The SMILES string of the molecule is Cn1cc(-c2cnc3cnc(CC(=O)C4CCN(CCF)CC4)cc3c2)cn1. The Kier molecular flexibility index (Phi) is 5.43. The van der Waals surface area contributed by atoms with Gasteiger partial charge in [0.25, 0.3) is 0 Å². The molecule has 3 aromatic heterocycles. The Balaban J connectivity index is 1.47. The Morgan fingerprint density at radius 1 is 1.14 bits per heavy atom. The topological polar surface area (TPSA) is 63.9 Å². The van der Waals surface area contributed by atoms with Gasteiger partial charge in [-0.25, -0.2) is 4.39 Å². The standard InChI is InChI=1S/C21H24FN5O/c1-26-14-18(12-25-26)17-8-16-9-19(23-13-20(16)24-11-17)10-21(28)15-2-5-27(6-3-15)7-4-22/h8-9,11-15H,2-7,10H2,1H3. The van der Waals surface area contributed by atoms with Crippen molar-refractivity contribution in [2.45, 2.75) is 19.3 Å². The van der Waals surface area contributed by atoms with Crippen molar-refractivity contribution >= 4 is 16.7 Å². The van der Waals surface area contributed by atoms with Crippen LogP contribution in [0.4, 0.5) is 4.39 Å². The Hall–Kier alpha value is -2.67. The number of ketones is 1. The first-order valence-corrected chi connectivity index (χ1v) is 9.67. The molecule has 0 N–H and O–H groups in total. The summed E-state index contributed by atoms with van der Waals surface area (Å²) in [5.74, 6) is 0.274. The maximum atomic E-state index is 12.7. The molecule has 4 heterocycles. The van der Waals surface area contributed by atoms with Crippen LogP contribution in [0.5, 0.6) is 0 Å². The fourth-order valence-electron chi connectivity index (χ4n) is 3.82. The number of carbonyl (C=O) groups excluding carboxylic acids is 1. The van der Waals surface area contributed by atoms with Gasteiger partial charge in [-0.15, -0.1) is 0 Å². The third-order valence-corrected chi connectivity index (χ3v) is 5.46. The molecule has 1 aliphatic rings. The molecule has 0 unspecified atom stereocenters. The summed E-state index contributed by atoms with van der Waals surface area (Å²) in [6, 6.07) is 4.02. The van der Waals surface area contributed by atoms with Gasteiger partial charge in [-0.2, -0.15) is 5.10 Å². The lowest BCUT2D eigenvalue weighted by atomic mass is 9.90. The molecule has 146 valence electrons. The molecule has 7 heteroatoms. The summed E-state index contributed by atoms with van der Waals surface area (Å²) in [4.78, 5) is 23.7. The first-order chi connectivity index (χ1) is 13.6. The highest BCUT2D eigenvalue weighted by Gasteiger charge is 2.25. The molecule has 1 aliphatic heterocycles. The Morgan fingerprint density at radius 2 is 1.96 bits per heavy atom. The van der Waals surface area contributed by atoms with E-state index in [1.165, 1.54) is 0 Å². The van der Waals surface area contributed by atoms with Gasteiger partial charge >= 0.3 is 0 Å². The van der Waals surface area contributed by atoms with Gasteiger partial charge in [0.1, 0.15) is 12.5 Å². The Bertz CT molecular complexity index is 978. The van der Waals surface area contributed by atoms with Crippen LogP contribution >= 0.6 is 0 Å². The van der Waals surface area contributed by atoms with Gasteiger partial charge in [0, 0.05) is 60.5 Å². The lowest BCUT2D eigenvalue weighted by Crippen LogP contribution is -2.37. The molecule has 0 spiro atoms. The zero-order chi connectivity index (χ0) is 19.5. The highest BCUT2D eigenvalue weighted by molar-refractivity contribution is 5.86. The van der Waals surface area contributed by atoms with Crippen LogP contribution < -0.4 is 0 Å². The number of Topliss-reactive ketones (excluding diaryl/α,β-unsaturated/α-hetero) is 1. The highest BCUT2D eigenvalue weighted by Crippen LogP contribution is 2.24. The van der Waals surface area contributed by atoms with Crippen molar-refractivity contribution in [3.8, 4) is 11.1 Å². The van der Waals surface area contributed by atoms with E-state index in [1.54, 1.807) is 10.9 Å². The summed E-state index contributed by atoms with van der Waals surface area (Å²) in [5.41, 5.74) is 3.58. The molecule has 4 rings (SSSR count). The average Bonchev–Trinajstić information content (AvgIpc) is 3.14. The van der Waals surface area contributed by atoms with Crippen LogP contribution in [0.25, 0.3) is 22.0 Å². The van der Waals surface area contributed by atoms with Gasteiger partial charge < -0.3 is 4.90 Å². The van der Waals surface area contributed by atoms with Crippen LogP contribution in [-0.2, 0) is 18.3 Å². The van der Waals surface area contributed by atoms with E-state index < -0.39 is 0 Å². The van der Waals surface area contributed by atoms with Crippen molar-refractivity contribution in [1.82, 2.24) is 24.6 Å². The van der Waals surface area contributed by atoms with Gasteiger partial charge in [-0.05, 0) is 38.1 Å². The second-order valence-electron chi connectivity index (χ2n) is 7.44. The first kappa shape index (κ1) is 18.7. The predicted octanol–water partition coefficient (Wildman–Crippen LogP) is 2.82. The second-order valence-corrected chi connectivity index (χ2v) is 7.44. The Labute approximate surface area is 163 Å². The first-order valence-electron chi connectivity index (χ1n) is 9.67. The number of pyridine rings is 2. The monoisotopic (exact) mass is 381 g/mol. The van der Waals surface area contributed by atoms with Crippen molar-refractivity contribution in [3.05, 3.63) is 42.6 Å². The Morgan fingerprint density at radius 3 is 2.68 bits per heavy atom. The molecule has 0 aliphatic carbocycles. The number of carbonyl (C=O) groups is 1. The summed E-state index contributed by atoms with van der Waals surface area (Å²) < 4.78 is 14.2. The quantitative estimate of drug-likeness (QED) is 0.657. The lowest BCUT2D eigenvalue weighted by Gasteiger charge is -2.30. The van der Waals surface area contributed by atoms with Crippen molar-refractivity contribution in [3.63, 3.8) is 0 Å². The van der Waals surface area contributed by atoms with Crippen molar-refractivity contribution < 1.29 is 9.18 Å². The predicted molar refractivity (Wildman–Crippen MR) is 106 cm³/mol. The molecular weight excluding hydrogens is 357 g/mol. The summed E-state index contributed by atoms with van der Waals surface area (Å²) in [7, 11) is 1.88. The van der Waals surface area contributed by atoms with E-state index in [9.17, 15) is 9.18 Å². The van der Waals surface area contributed by atoms with Gasteiger partial charge in [0.15, 0.2) is 0 Å². The van der Waals surface area contributed by atoms with E-state index in [-0.39, 0.29) is 18.4 Å². The minimum absolute atomic E-state index is 0.0493. The van der Waals surface area contributed by atoms with Crippen LogP contribution in [0.3, 0.4) is 0 Å². The van der Waals surface area contributed by atoms with Crippen LogP contribution in [0.2, 0.25) is 0 Å². The summed E-state index contributed by atoms with van der Waals surface area (Å²) in [5, 5.41) is 5.18. The second kappa shape index (κ2) is 8.14. The minimum Gasteiger partial charge on any atom is -0.301 e. The van der Waals surface area contributed by atoms with E-state index in [4.69, 9.17) is 0 Å². The van der Waals surface area contributed by atoms with Crippen LogP contribution in [-0.4, -0.2) is 56.7 Å². The fraction of sp³-hybridized carbons (Fsp3) is 0.429. The highest BCUT2D eigenvalue weighted by atomic mass is 19.1. The number of hydrogen-bond acceptors (Lipinski definition) is 5. The van der Waals surface area contributed by atoms with Gasteiger partial charge in [-0.3, -0.25) is 19.4 Å². The van der Waals surface area contributed by atoms with E-state index in [2.05, 4.69) is 26.0 Å². The number of rotatable bonds is 6. The fourth-order valence-corrected chi connectivity index (χ4v) is 3.82. The average molecular weight is 381 g/mol. The number of hydrogen-bond donors (Lipinski definition) is 0. The molecular formula is C21H24FN5O. The van der Waals surface area contributed by atoms with Crippen molar-refractivity contribution in [2.75, 3.05) is 26.3 Å². The third kappa shape index (κ3) is 4.09. The molecule has 1 saturated heterocycles. The number of halogens is 1. The number of fused-ring (bicyclic) bond motifs is 1. The molecule has 0 aromatic carbocycles. The smallest absolute Gasteiger partial charge is 0.142 e. The van der Waals surface area contributed by atoms with Gasteiger partial charge in [0.05, 0.1) is 17.9 Å². The van der Waals surface area contributed by atoms with E-state index in [0.29, 0.717) is 13.0 Å². The molecule has 0 atom stereocenters. The zero-order valence-corrected chi connectivity index (χ0v) is 16.0. The summed E-state index contributed by atoms with van der Waals surface area (Å²) >= 11 is 0. The summed E-state index contributed by atoms with van der Waals surface area (Å²) in [6.07, 6.45) is 9.25. The lowest BCUT2D eigenvalue weighted by molar-refractivity contribution is -0.123. The van der Waals surface area contributed by atoms with Gasteiger partial charge in [-0.1, -0.05) is 0 Å². The van der Waals surface area contributed by atoms with Crippen molar-refractivity contribution in [1.29, 1.82) is 0 Å². The van der Waals surface area contributed by atoms with Gasteiger partial charge in [0.2, 0.25) is 0 Å². The van der Waals surface area contributed by atoms with Crippen LogP contribution in [0.1, 0.15) is 18.5 Å². The molecule has 3 aromatic rings. The number of alkyl halides is 1. The maximum absolute atomic E-state index is 12.7. The van der Waals surface area contributed by atoms with Crippen molar-refractivity contribution in [2.24, 2.45) is 13.0 Å². The third-order valence-electron chi connectivity index (χ3n) is 5.46. The minimum atomic E-state index is -0.325. The van der Waals surface area contributed by atoms with E-state index >= 15 is 0 Å². The molecule has 28 heavy (non-hydrogen) atoms. The van der Waals surface area contributed by atoms with E-state index in [0.717, 1.165) is 53.7 Å². The zero-order valence-electron chi connectivity index (χ0n) is 16.0. The van der Waals surface area contributed by atoms with Crippen LogP contribution in [0.15, 0.2) is 36.9 Å².